The number of carbonyl (C=O) groups is 4. The number of likely N-dealkylation sites (tertiary alicyclic amines) is 2. The van der Waals surface area contributed by atoms with Gasteiger partial charge in [-0.15, -0.1) is 0 Å². The number of anilines is 2. The summed E-state index contributed by atoms with van der Waals surface area (Å²) in [5.74, 6) is 0.194. The maximum Gasteiger partial charge on any atom is 0.227 e. The average Bonchev–Trinajstić information content (AvgIpc) is 3.24. The molecular formula is C48H60N4O4. The predicted octanol–water partition coefficient (Wildman–Crippen LogP) is 8.19. The van der Waals surface area contributed by atoms with Crippen LogP contribution in [0.2, 0.25) is 0 Å². The Balaban J connectivity index is 0.000000214. The van der Waals surface area contributed by atoms with Gasteiger partial charge in [0, 0.05) is 63.5 Å². The van der Waals surface area contributed by atoms with E-state index in [0.717, 1.165) is 63.5 Å². The summed E-state index contributed by atoms with van der Waals surface area (Å²) in [6, 6.07) is 40.3. The van der Waals surface area contributed by atoms with E-state index in [-0.39, 0.29) is 23.4 Å². The van der Waals surface area contributed by atoms with Crippen LogP contribution in [0.15, 0.2) is 121 Å². The SMILES string of the molecule is CCC(=O)N(c1ccccc1)C1(C(C)=O)CCN(CCc2ccccc2)CC1.CCC(=O)N(c1ccccc1)C1(C(C)=O)CCN(CCc2ccccc2)CC1. The molecule has 2 aliphatic rings. The molecule has 56 heavy (non-hydrogen) atoms. The van der Waals surface area contributed by atoms with Crippen molar-refractivity contribution in [3.8, 4) is 0 Å². The van der Waals surface area contributed by atoms with Gasteiger partial charge in [-0.25, -0.2) is 0 Å². The molecule has 0 unspecified atom stereocenters. The van der Waals surface area contributed by atoms with E-state index in [2.05, 4.69) is 58.3 Å². The van der Waals surface area contributed by atoms with E-state index in [1.807, 2.05) is 86.6 Å². The number of ketones is 2. The molecule has 0 saturated carbocycles. The molecule has 0 radical (unpaired) electrons. The van der Waals surface area contributed by atoms with Gasteiger partial charge in [0.25, 0.3) is 0 Å². The second kappa shape index (κ2) is 20.3. The van der Waals surface area contributed by atoms with Crippen molar-refractivity contribution in [2.45, 2.75) is 90.1 Å². The van der Waals surface area contributed by atoms with Crippen LogP contribution in [0.1, 0.15) is 77.3 Å². The first kappa shape index (κ1) is 42.2. The number of Topliss-reactive ketones (excluding diaryl/α,β-unsaturated/α-hetero) is 2. The first-order chi connectivity index (χ1) is 27.1. The van der Waals surface area contributed by atoms with Crippen LogP contribution in [0.4, 0.5) is 11.4 Å². The van der Waals surface area contributed by atoms with E-state index in [1.54, 1.807) is 23.6 Å². The molecule has 0 aromatic heterocycles. The first-order valence-electron chi connectivity index (χ1n) is 20.4. The lowest BCUT2D eigenvalue weighted by atomic mass is 9.81. The lowest BCUT2D eigenvalue weighted by Gasteiger charge is -2.47. The van der Waals surface area contributed by atoms with Crippen molar-refractivity contribution in [2.24, 2.45) is 0 Å². The molecular weight excluding hydrogens is 697 g/mol. The fraction of sp³-hybridized carbons (Fsp3) is 0.417. The summed E-state index contributed by atoms with van der Waals surface area (Å²) in [5.41, 5.74) is 2.83. The number of rotatable bonds is 14. The lowest BCUT2D eigenvalue weighted by Crippen LogP contribution is -2.61. The van der Waals surface area contributed by atoms with Gasteiger partial charge in [0.1, 0.15) is 11.1 Å². The van der Waals surface area contributed by atoms with Gasteiger partial charge in [-0.2, -0.15) is 0 Å². The van der Waals surface area contributed by atoms with Gasteiger partial charge in [0.15, 0.2) is 11.6 Å². The quantitative estimate of drug-likeness (QED) is 0.129. The Bertz CT molecular complexity index is 1700. The van der Waals surface area contributed by atoms with Crippen LogP contribution in [0.5, 0.6) is 0 Å². The Morgan fingerprint density at radius 2 is 0.768 bits per heavy atom. The number of para-hydroxylation sites is 2. The second-order valence-corrected chi connectivity index (χ2v) is 15.2. The zero-order valence-corrected chi connectivity index (χ0v) is 33.9. The highest BCUT2D eigenvalue weighted by Crippen LogP contribution is 2.36. The van der Waals surface area contributed by atoms with Gasteiger partial charge in [0.05, 0.1) is 0 Å². The topological polar surface area (TPSA) is 81.2 Å². The molecule has 0 N–H and O–H groups in total. The van der Waals surface area contributed by atoms with E-state index in [1.165, 1.54) is 11.1 Å². The zero-order valence-electron chi connectivity index (χ0n) is 33.9. The standard InChI is InChI=1S/2C24H30N2O2/c2*1-3-23(28)26(22-12-8-5-9-13-22)24(20(2)27)15-18-25(19-16-24)17-14-21-10-6-4-7-11-21/h2*4-13H,3,14-19H2,1-2H3. The molecule has 8 nitrogen and oxygen atoms in total. The van der Waals surface area contributed by atoms with Crippen molar-refractivity contribution in [2.75, 3.05) is 49.1 Å². The fourth-order valence-electron chi connectivity index (χ4n) is 8.35. The van der Waals surface area contributed by atoms with Crippen molar-refractivity contribution < 1.29 is 19.2 Å². The second-order valence-electron chi connectivity index (χ2n) is 15.2. The maximum absolute atomic E-state index is 12.9. The highest BCUT2D eigenvalue weighted by atomic mass is 16.2. The van der Waals surface area contributed by atoms with Gasteiger partial charge < -0.3 is 9.80 Å². The Labute approximate surface area is 334 Å². The van der Waals surface area contributed by atoms with Gasteiger partial charge in [-0.1, -0.05) is 111 Å². The molecule has 4 aromatic rings. The van der Waals surface area contributed by atoms with E-state index < -0.39 is 11.1 Å². The third-order valence-electron chi connectivity index (χ3n) is 11.8. The van der Waals surface area contributed by atoms with Gasteiger partial charge in [-0.3, -0.25) is 29.0 Å². The van der Waals surface area contributed by atoms with Crippen molar-refractivity contribution in [3.05, 3.63) is 132 Å². The third kappa shape index (κ3) is 10.3. The Hall–Kier alpha value is -4.92. The molecule has 2 aliphatic heterocycles. The van der Waals surface area contributed by atoms with Crippen molar-refractivity contribution in [1.29, 1.82) is 0 Å². The summed E-state index contributed by atoms with van der Waals surface area (Å²) in [4.78, 5) is 59.8. The number of benzene rings is 4. The van der Waals surface area contributed by atoms with Gasteiger partial charge in [-0.05, 0) is 87.8 Å². The zero-order chi connectivity index (χ0) is 40.0. The van der Waals surface area contributed by atoms with Crippen molar-refractivity contribution in [1.82, 2.24) is 9.80 Å². The summed E-state index contributed by atoms with van der Waals surface area (Å²) >= 11 is 0. The smallest absolute Gasteiger partial charge is 0.227 e. The minimum Gasteiger partial charge on any atom is -0.303 e. The van der Waals surface area contributed by atoms with Crippen LogP contribution in [0.3, 0.4) is 0 Å². The van der Waals surface area contributed by atoms with Gasteiger partial charge >= 0.3 is 0 Å². The molecule has 296 valence electrons. The molecule has 2 saturated heterocycles. The van der Waals surface area contributed by atoms with Crippen LogP contribution in [-0.4, -0.2) is 83.5 Å². The molecule has 2 fully saturated rings. The molecule has 2 heterocycles. The van der Waals surface area contributed by atoms with E-state index >= 15 is 0 Å². The summed E-state index contributed by atoms with van der Waals surface area (Å²) in [6.07, 6.45) is 5.50. The number of amides is 2. The number of hydrogen-bond donors (Lipinski definition) is 0. The number of nitrogens with zero attached hydrogens (tertiary/aromatic N) is 4. The summed E-state index contributed by atoms with van der Waals surface area (Å²) in [5, 5.41) is 0. The summed E-state index contributed by atoms with van der Waals surface area (Å²) < 4.78 is 0. The molecule has 0 aliphatic carbocycles. The minimum atomic E-state index is -0.738. The predicted molar refractivity (Wildman–Crippen MR) is 227 cm³/mol. The largest absolute Gasteiger partial charge is 0.303 e. The number of piperidine rings is 2. The van der Waals surface area contributed by atoms with Crippen molar-refractivity contribution in [3.63, 3.8) is 0 Å². The molecule has 6 rings (SSSR count). The van der Waals surface area contributed by atoms with Crippen LogP contribution in [0, 0.1) is 0 Å². The third-order valence-corrected chi connectivity index (χ3v) is 11.8. The van der Waals surface area contributed by atoms with E-state index in [9.17, 15) is 19.2 Å². The molecule has 4 aromatic carbocycles. The van der Waals surface area contributed by atoms with Crippen molar-refractivity contribution >= 4 is 34.8 Å². The number of hydrogen-bond acceptors (Lipinski definition) is 6. The molecule has 8 heteroatoms. The fourth-order valence-corrected chi connectivity index (χ4v) is 8.35. The normalized spacial score (nSPS) is 16.5. The molecule has 0 spiro atoms. The Kier molecular flexibility index (Phi) is 15.3. The van der Waals surface area contributed by atoms with Crippen LogP contribution >= 0.6 is 0 Å². The Morgan fingerprint density at radius 3 is 1.04 bits per heavy atom. The van der Waals surface area contributed by atoms with Crippen LogP contribution in [-0.2, 0) is 32.0 Å². The highest BCUT2D eigenvalue weighted by Gasteiger charge is 2.47. The van der Waals surface area contributed by atoms with Crippen LogP contribution in [0.25, 0.3) is 0 Å². The summed E-state index contributed by atoms with van der Waals surface area (Å²) in [7, 11) is 0. The lowest BCUT2D eigenvalue weighted by molar-refractivity contribution is -0.129. The first-order valence-corrected chi connectivity index (χ1v) is 20.4. The molecule has 0 bridgehead atoms. The Morgan fingerprint density at radius 1 is 0.482 bits per heavy atom. The maximum atomic E-state index is 12.9. The van der Waals surface area contributed by atoms with Gasteiger partial charge in [0.2, 0.25) is 11.8 Å². The molecule has 0 atom stereocenters. The van der Waals surface area contributed by atoms with E-state index in [4.69, 9.17) is 0 Å². The minimum absolute atomic E-state index is 0.0131. The highest BCUT2D eigenvalue weighted by molar-refractivity contribution is 6.04. The van der Waals surface area contributed by atoms with Crippen LogP contribution < -0.4 is 9.80 Å². The monoisotopic (exact) mass is 756 g/mol. The average molecular weight is 757 g/mol. The summed E-state index contributed by atoms with van der Waals surface area (Å²) in [6.45, 7) is 12.3. The number of carbonyl (C=O) groups excluding carboxylic acids is 4. The van der Waals surface area contributed by atoms with E-state index in [0.29, 0.717) is 38.5 Å². The molecule has 2 amide bonds.